The average Bonchev–Trinajstić information content (AvgIpc) is 2.11. The Hall–Kier alpha value is 0.230. The molecule has 0 aromatic rings. The summed E-state index contributed by atoms with van der Waals surface area (Å²) in [5, 5.41) is 28.0. The fraction of sp³-hybridized carbons (Fsp3) is 1.00. The molecule has 13 heavy (non-hydrogen) atoms. The lowest BCUT2D eigenvalue weighted by molar-refractivity contribution is -0.288. The molecule has 1 rings (SSSR count). The van der Waals surface area contributed by atoms with Gasteiger partial charge in [0.1, 0.15) is 18.3 Å². The second kappa shape index (κ2) is 4.64. The molecule has 0 spiro atoms. The highest BCUT2D eigenvalue weighted by molar-refractivity contribution is 7.16. The SMILES string of the molecule is CC1O[C@@H](OCP)C(O)[C@@H](O)[C@H]1O. The molecule has 0 bridgehead atoms. The van der Waals surface area contributed by atoms with E-state index in [2.05, 4.69) is 9.24 Å². The van der Waals surface area contributed by atoms with Crippen LogP contribution in [0.25, 0.3) is 0 Å². The van der Waals surface area contributed by atoms with E-state index in [0.29, 0.717) is 6.35 Å². The second-order valence-corrected chi connectivity index (χ2v) is 3.35. The van der Waals surface area contributed by atoms with Crippen molar-refractivity contribution in [2.24, 2.45) is 0 Å². The maximum atomic E-state index is 9.39. The fourth-order valence-corrected chi connectivity index (χ4v) is 1.44. The maximum Gasteiger partial charge on any atom is 0.186 e. The van der Waals surface area contributed by atoms with E-state index in [4.69, 9.17) is 9.47 Å². The van der Waals surface area contributed by atoms with E-state index in [0.717, 1.165) is 0 Å². The molecule has 0 amide bonds. The molecule has 0 aromatic heterocycles. The van der Waals surface area contributed by atoms with Gasteiger partial charge in [-0.05, 0) is 6.92 Å². The molecule has 6 heteroatoms. The molecule has 1 aliphatic rings. The van der Waals surface area contributed by atoms with E-state index >= 15 is 0 Å². The molecular weight excluding hydrogens is 195 g/mol. The quantitative estimate of drug-likeness (QED) is 0.492. The van der Waals surface area contributed by atoms with Gasteiger partial charge in [0, 0.05) is 0 Å². The van der Waals surface area contributed by atoms with Gasteiger partial charge in [-0.15, -0.1) is 9.24 Å². The summed E-state index contributed by atoms with van der Waals surface area (Å²) < 4.78 is 10.1. The normalized spacial score (nSPS) is 46.4. The minimum absolute atomic E-state index is 0.303. The first-order chi connectivity index (χ1) is 6.07. The number of aliphatic hydroxyl groups is 3. The van der Waals surface area contributed by atoms with Crippen molar-refractivity contribution in [3.8, 4) is 0 Å². The van der Waals surface area contributed by atoms with E-state index in [1.54, 1.807) is 6.92 Å². The Kier molecular flexibility index (Phi) is 4.04. The van der Waals surface area contributed by atoms with Crippen LogP contribution in [-0.2, 0) is 9.47 Å². The Balaban J connectivity index is 2.59. The Morgan fingerprint density at radius 3 is 2.38 bits per heavy atom. The smallest absolute Gasteiger partial charge is 0.186 e. The van der Waals surface area contributed by atoms with Crippen LogP contribution in [0.5, 0.6) is 0 Å². The largest absolute Gasteiger partial charge is 0.388 e. The van der Waals surface area contributed by atoms with E-state index in [9.17, 15) is 15.3 Å². The molecule has 1 fully saturated rings. The molecule has 0 radical (unpaired) electrons. The van der Waals surface area contributed by atoms with Crippen LogP contribution in [-0.4, -0.2) is 52.4 Å². The summed E-state index contributed by atoms with van der Waals surface area (Å²) in [7, 11) is 2.32. The van der Waals surface area contributed by atoms with E-state index in [-0.39, 0.29) is 0 Å². The van der Waals surface area contributed by atoms with Crippen LogP contribution in [0.4, 0.5) is 0 Å². The first kappa shape index (κ1) is 11.3. The van der Waals surface area contributed by atoms with Crippen molar-refractivity contribution in [3.63, 3.8) is 0 Å². The Morgan fingerprint density at radius 1 is 1.23 bits per heavy atom. The van der Waals surface area contributed by atoms with Crippen LogP contribution in [0.15, 0.2) is 0 Å². The predicted molar refractivity (Wildman–Crippen MR) is 48.0 cm³/mol. The Labute approximate surface area is 78.9 Å². The standard InChI is InChI=1S/C7H15O5P/c1-3-4(8)5(9)6(10)7(12-3)11-2-13/h3-10H,2,13H2,1H3/t3?,4-,5-,6?,7+/m0/s1. The summed E-state index contributed by atoms with van der Waals surface area (Å²) in [4.78, 5) is 0. The molecule has 1 heterocycles. The lowest BCUT2D eigenvalue weighted by atomic mass is 10.0. The fourth-order valence-electron chi connectivity index (χ4n) is 1.25. The zero-order chi connectivity index (χ0) is 10.0. The highest BCUT2D eigenvalue weighted by atomic mass is 31.0. The van der Waals surface area contributed by atoms with Crippen molar-refractivity contribution >= 4 is 9.24 Å². The van der Waals surface area contributed by atoms with Gasteiger partial charge in [-0.3, -0.25) is 0 Å². The second-order valence-electron chi connectivity index (χ2n) is 3.01. The highest BCUT2D eigenvalue weighted by Crippen LogP contribution is 2.21. The van der Waals surface area contributed by atoms with Gasteiger partial charge in [-0.2, -0.15) is 0 Å². The lowest BCUT2D eigenvalue weighted by Crippen LogP contribution is -2.57. The van der Waals surface area contributed by atoms with Crippen LogP contribution in [0.2, 0.25) is 0 Å². The Bertz CT molecular complexity index is 167. The third-order valence-corrected chi connectivity index (χ3v) is 2.26. The molecule has 3 N–H and O–H groups in total. The molecule has 1 aliphatic heterocycles. The summed E-state index contributed by atoms with van der Waals surface area (Å²) in [5.74, 6) is 0. The van der Waals surface area contributed by atoms with Gasteiger partial charge in [0.2, 0.25) is 0 Å². The van der Waals surface area contributed by atoms with Gasteiger partial charge >= 0.3 is 0 Å². The lowest BCUT2D eigenvalue weighted by Gasteiger charge is -2.38. The molecule has 5 nitrogen and oxygen atoms in total. The van der Waals surface area contributed by atoms with Crippen molar-refractivity contribution in [1.29, 1.82) is 0 Å². The van der Waals surface area contributed by atoms with Crippen molar-refractivity contribution in [3.05, 3.63) is 0 Å². The molecule has 0 saturated carbocycles. The zero-order valence-corrected chi connectivity index (χ0v) is 8.48. The van der Waals surface area contributed by atoms with Crippen LogP contribution in [0.1, 0.15) is 6.92 Å². The van der Waals surface area contributed by atoms with Gasteiger partial charge in [0.05, 0.1) is 12.5 Å². The van der Waals surface area contributed by atoms with E-state index in [1.165, 1.54) is 0 Å². The van der Waals surface area contributed by atoms with Gasteiger partial charge in [0.15, 0.2) is 6.29 Å². The van der Waals surface area contributed by atoms with Crippen molar-refractivity contribution in [2.45, 2.75) is 37.6 Å². The number of hydrogen-bond donors (Lipinski definition) is 3. The molecule has 0 aromatic carbocycles. The summed E-state index contributed by atoms with van der Waals surface area (Å²) in [5.41, 5.74) is 0. The number of hydrogen-bond acceptors (Lipinski definition) is 5. The molecule has 78 valence electrons. The van der Waals surface area contributed by atoms with E-state index < -0.39 is 30.7 Å². The van der Waals surface area contributed by atoms with Crippen molar-refractivity contribution < 1.29 is 24.8 Å². The first-order valence-electron chi connectivity index (χ1n) is 4.09. The van der Waals surface area contributed by atoms with Crippen LogP contribution >= 0.6 is 9.24 Å². The topological polar surface area (TPSA) is 79.2 Å². The summed E-state index contributed by atoms with van der Waals surface area (Å²) in [6, 6.07) is 0. The van der Waals surface area contributed by atoms with Crippen LogP contribution in [0.3, 0.4) is 0 Å². The Morgan fingerprint density at radius 2 is 1.85 bits per heavy atom. The third-order valence-electron chi connectivity index (χ3n) is 2.07. The predicted octanol–water partition coefficient (Wildman–Crippen LogP) is -1.34. The van der Waals surface area contributed by atoms with Gasteiger partial charge in [0.25, 0.3) is 0 Å². The molecule has 0 aliphatic carbocycles. The van der Waals surface area contributed by atoms with E-state index in [1.807, 2.05) is 0 Å². The van der Waals surface area contributed by atoms with Gasteiger partial charge in [-0.1, -0.05) is 0 Å². The average molecular weight is 210 g/mol. The molecule has 3 unspecified atom stereocenters. The minimum atomic E-state index is -1.22. The number of ether oxygens (including phenoxy) is 2. The van der Waals surface area contributed by atoms with Crippen LogP contribution < -0.4 is 0 Å². The third kappa shape index (κ3) is 2.37. The highest BCUT2D eigenvalue weighted by Gasteiger charge is 2.42. The summed E-state index contributed by atoms with van der Waals surface area (Å²) in [6.07, 6.45) is -4.60. The molecule has 1 saturated heterocycles. The zero-order valence-electron chi connectivity index (χ0n) is 7.33. The molecular formula is C7H15O5P. The molecule has 6 atom stereocenters. The van der Waals surface area contributed by atoms with Gasteiger partial charge in [-0.25, -0.2) is 0 Å². The summed E-state index contributed by atoms with van der Waals surface area (Å²) >= 11 is 0. The number of aliphatic hydroxyl groups excluding tert-OH is 3. The first-order valence-corrected chi connectivity index (χ1v) is 4.91. The number of rotatable bonds is 2. The van der Waals surface area contributed by atoms with Crippen molar-refractivity contribution in [2.75, 3.05) is 6.35 Å². The maximum absolute atomic E-state index is 9.39. The summed E-state index contributed by atoms with van der Waals surface area (Å²) in [6.45, 7) is 1.61. The van der Waals surface area contributed by atoms with Gasteiger partial charge < -0.3 is 24.8 Å². The monoisotopic (exact) mass is 210 g/mol. The minimum Gasteiger partial charge on any atom is -0.388 e. The van der Waals surface area contributed by atoms with Crippen molar-refractivity contribution in [1.82, 2.24) is 0 Å². The van der Waals surface area contributed by atoms with Crippen LogP contribution in [0, 0.1) is 0 Å².